The first-order valence-electron chi connectivity index (χ1n) is 5.18. The van der Waals surface area contributed by atoms with E-state index >= 15 is 0 Å². The minimum Gasteiger partial charge on any atom is -0.388 e. The van der Waals surface area contributed by atoms with Gasteiger partial charge in [-0.2, -0.15) is 5.10 Å². The third kappa shape index (κ3) is 2.92. The zero-order valence-corrected chi connectivity index (χ0v) is 10.9. The molecular formula is C12H12BrFN2O. The van der Waals surface area contributed by atoms with Crippen LogP contribution in [0.5, 0.6) is 0 Å². The third-order valence-electron chi connectivity index (χ3n) is 2.50. The lowest BCUT2D eigenvalue weighted by Crippen LogP contribution is -2.03. The molecule has 5 heteroatoms. The summed E-state index contributed by atoms with van der Waals surface area (Å²) in [6.45, 7) is 0. The summed E-state index contributed by atoms with van der Waals surface area (Å²) < 4.78 is 15.1. The summed E-state index contributed by atoms with van der Waals surface area (Å²) in [7, 11) is 1.82. The zero-order chi connectivity index (χ0) is 12.4. The van der Waals surface area contributed by atoms with Crippen LogP contribution in [0.4, 0.5) is 4.39 Å². The third-order valence-corrected chi connectivity index (χ3v) is 3.11. The molecule has 0 saturated heterocycles. The number of nitrogens with zero attached hydrogens (tertiary/aromatic N) is 2. The lowest BCUT2D eigenvalue weighted by molar-refractivity contribution is 0.177. The Kier molecular flexibility index (Phi) is 3.59. The number of rotatable bonds is 3. The molecule has 0 saturated carbocycles. The molecule has 17 heavy (non-hydrogen) atoms. The minimum absolute atomic E-state index is 0.334. The van der Waals surface area contributed by atoms with Crippen molar-refractivity contribution in [3.8, 4) is 0 Å². The Balaban J connectivity index is 2.14. The Morgan fingerprint density at radius 1 is 1.47 bits per heavy atom. The number of aromatic nitrogens is 2. The van der Waals surface area contributed by atoms with Crippen LogP contribution in [0.1, 0.15) is 17.4 Å². The van der Waals surface area contributed by atoms with E-state index in [0.717, 1.165) is 5.69 Å². The van der Waals surface area contributed by atoms with Crippen LogP contribution < -0.4 is 0 Å². The van der Waals surface area contributed by atoms with Gasteiger partial charge in [0.15, 0.2) is 0 Å². The molecule has 0 fully saturated rings. The Bertz CT molecular complexity index is 527. The van der Waals surface area contributed by atoms with E-state index in [1.54, 1.807) is 16.8 Å². The first-order chi connectivity index (χ1) is 8.06. The zero-order valence-electron chi connectivity index (χ0n) is 9.27. The molecule has 90 valence electrons. The van der Waals surface area contributed by atoms with Crippen molar-refractivity contribution >= 4 is 15.9 Å². The second-order valence-corrected chi connectivity index (χ2v) is 4.73. The first kappa shape index (κ1) is 12.3. The largest absolute Gasteiger partial charge is 0.388 e. The van der Waals surface area contributed by atoms with Crippen LogP contribution in [0.25, 0.3) is 0 Å². The SMILES string of the molecule is Cn1ccc(CC(O)c2ccc(F)c(Br)c2)n1. The van der Waals surface area contributed by atoms with Crippen LogP contribution in [0.2, 0.25) is 0 Å². The fourth-order valence-corrected chi connectivity index (χ4v) is 2.00. The van der Waals surface area contributed by atoms with Crippen LogP contribution in [0, 0.1) is 5.82 Å². The van der Waals surface area contributed by atoms with Gasteiger partial charge < -0.3 is 5.11 Å². The maximum Gasteiger partial charge on any atom is 0.137 e. The molecule has 1 heterocycles. The van der Waals surface area contributed by atoms with Crippen LogP contribution in [0.15, 0.2) is 34.9 Å². The topological polar surface area (TPSA) is 38.0 Å². The van der Waals surface area contributed by atoms with Crippen molar-refractivity contribution < 1.29 is 9.50 Å². The Hall–Kier alpha value is -1.20. The molecule has 2 rings (SSSR count). The van der Waals surface area contributed by atoms with Gasteiger partial charge in [-0.25, -0.2) is 4.39 Å². The maximum atomic E-state index is 13.0. The van der Waals surface area contributed by atoms with Gasteiger partial charge in [0.05, 0.1) is 16.3 Å². The lowest BCUT2D eigenvalue weighted by Gasteiger charge is -2.10. The van der Waals surface area contributed by atoms with Crippen molar-refractivity contribution in [1.29, 1.82) is 0 Å². The highest BCUT2D eigenvalue weighted by Crippen LogP contribution is 2.23. The summed E-state index contributed by atoms with van der Waals surface area (Å²) in [5.41, 5.74) is 1.48. The Labute approximate surface area is 107 Å². The molecule has 0 amide bonds. The van der Waals surface area contributed by atoms with Crippen molar-refractivity contribution in [3.63, 3.8) is 0 Å². The quantitative estimate of drug-likeness (QED) is 0.946. The van der Waals surface area contributed by atoms with Crippen LogP contribution in [0.3, 0.4) is 0 Å². The van der Waals surface area contributed by atoms with E-state index in [2.05, 4.69) is 21.0 Å². The van der Waals surface area contributed by atoms with Gasteiger partial charge in [-0.1, -0.05) is 6.07 Å². The normalized spacial score (nSPS) is 12.7. The summed E-state index contributed by atoms with van der Waals surface area (Å²) in [5, 5.41) is 14.2. The number of aliphatic hydroxyl groups excluding tert-OH is 1. The van der Waals surface area contributed by atoms with E-state index in [4.69, 9.17) is 0 Å². The highest BCUT2D eigenvalue weighted by molar-refractivity contribution is 9.10. The molecule has 2 aromatic rings. The smallest absolute Gasteiger partial charge is 0.137 e. The predicted octanol–water partition coefficient (Wildman–Crippen LogP) is 2.60. The molecule has 1 N–H and O–H groups in total. The Morgan fingerprint density at radius 2 is 2.24 bits per heavy atom. The summed E-state index contributed by atoms with van der Waals surface area (Å²) in [5.74, 6) is -0.334. The molecule has 0 spiro atoms. The molecule has 0 aliphatic carbocycles. The van der Waals surface area contributed by atoms with E-state index in [-0.39, 0.29) is 5.82 Å². The second kappa shape index (κ2) is 4.98. The van der Waals surface area contributed by atoms with Gasteiger partial charge in [0.1, 0.15) is 5.82 Å². The van der Waals surface area contributed by atoms with E-state index in [1.807, 2.05) is 19.3 Å². The molecular weight excluding hydrogens is 287 g/mol. The van der Waals surface area contributed by atoms with Crippen LogP contribution in [-0.2, 0) is 13.5 Å². The number of halogens is 2. The number of aliphatic hydroxyl groups is 1. The predicted molar refractivity (Wildman–Crippen MR) is 66.0 cm³/mol. The molecule has 0 bridgehead atoms. The average Bonchev–Trinajstić information content (AvgIpc) is 2.68. The van der Waals surface area contributed by atoms with E-state index in [0.29, 0.717) is 16.5 Å². The molecule has 1 aromatic carbocycles. The molecule has 0 aliphatic rings. The van der Waals surface area contributed by atoms with Crippen molar-refractivity contribution in [2.45, 2.75) is 12.5 Å². The van der Waals surface area contributed by atoms with Gasteiger partial charge in [0, 0.05) is 19.7 Å². The summed E-state index contributed by atoms with van der Waals surface area (Å²) in [6.07, 6.45) is 1.56. The molecule has 1 aromatic heterocycles. The molecule has 3 nitrogen and oxygen atoms in total. The minimum atomic E-state index is -0.679. The highest BCUT2D eigenvalue weighted by atomic mass is 79.9. The van der Waals surface area contributed by atoms with E-state index in [1.165, 1.54) is 6.07 Å². The maximum absolute atomic E-state index is 13.0. The number of hydrogen-bond acceptors (Lipinski definition) is 2. The van der Waals surface area contributed by atoms with Crippen LogP contribution >= 0.6 is 15.9 Å². The van der Waals surface area contributed by atoms with Crippen molar-refractivity contribution in [3.05, 3.63) is 52.0 Å². The molecule has 0 aliphatic heterocycles. The fraction of sp³-hybridized carbons (Fsp3) is 0.250. The fourth-order valence-electron chi connectivity index (χ4n) is 1.61. The van der Waals surface area contributed by atoms with Crippen LogP contribution in [-0.4, -0.2) is 14.9 Å². The summed E-state index contributed by atoms with van der Waals surface area (Å²) >= 11 is 3.10. The number of hydrogen-bond donors (Lipinski definition) is 1. The van der Waals surface area contributed by atoms with Gasteiger partial charge in [0.2, 0.25) is 0 Å². The number of benzene rings is 1. The standard InChI is InChI=1S/C12H12BrFN2O/c1-16-5-4-9(15-16)7-12(17)8-2-3-11(14)10(13)6-8/h2-6,12,17H,7H2,1H3. The van der Waals surface area contributed by atoms with Crippen molar-refractivity contribution in [2.75, 3.05) is 0 Å². The lowest BCUT2D eigenvalue weighted by atomic mass is 10.1. The summed E-state index contributed by atoms with van der Waals surface area (Å²) in [6, 6.07) is 6.35. The van der Waals surface area contributed by atoms with E-state index in [9.17, 15) is 9.50 Å². The van der Waals surface area contributed by atoms with Gasteiger partial charge in [-0.15, -0.1) is 0 Å². The first-order valence-corrected chi connectivity index (χ1v) is 5.97. The Morgan fingerprint density at radius 3 is 2.82 bits per heavy atom. The van der Waals surface area contributed by atoms with Gasteiger partial charge in [0.25, 0.3) is 0 Å². The second-order valence-electron chi connectivity index (χ2n) is 3.87. The highest BCUT2D eigenvalue weighted by Gasteiger charge is 2.12. The van der Waals surface area contributed by atoms with Crippen molar-refractivity contribution in [1.82, 2.24) is 9.78 Å². The summed E-state index contributed by atoms with van der Waals surface area (Å²) in [4.78, 5) is 0. The molecule has 1 atom stereocenters. The molecule has 0 radical (unpaired) electrons. The van der Waals surface area contributed by atoms with E-state index < -0.39 is 6.10 Å². The van der Waals surface area contributed by atoms with Gasteiger partial charge >= 0.3 is 0 Å². The van der Waals surface area contributed by atoms with Gasteiger partial charge in [-0.05, 0) is 39.7 Å². The average molecular weight is 299 g/mol. The number of aryl methyl sites for hydroxylation is 1. The monoisotopic (exact) mass is 298 g/mol. The van der Waals surface area contributed by atoms with Gasteiger partial charge in [-0.3, -0.25) is 4.68 Å². The van der Waals surface area contributed by atoms with Crippen molar-refractivity contribution in [2.24, 2.45) is 7.05 Å². The molecule has 1 unspecified atom stereocenters.